The van der Waals surface area contributed by atoms with Crippen LogP contribution < -0.4 is 4.90 Å². The molecule has 8 atom stereocenters. The molecule has 3 aromatic rings. The second-order valence-electron chi connectivity index (χ2n) is 17.4. The molecule has 2 N–H and O–H groups in total. The largest absolute Gasteiger partial charge is 0.453 e. The number of rotatable bonds is 6. The van der Waals surface area contributed by atoms with Gasteiger partial charge in [-0.3, -0.25) is 9.69 Å². The van der Waals surface area contributed by atoms with Crippen molar-refractivity contribution in [1.29, 1.82) is 0 Å². The molecule has 3 saturated carbocycles. The molecule has 1 aromatic carbocycles. The normalized spacial score (nSPS) is 37.4. The summed E-state index contributed by atoms with van der Waals surface area (Å²) in [7, 11) is 0. The van der Waals surface area contributed by atoms with E-state index in [-0.39, 0.29) is 45.1 Å². The van der Waals surface area contributed by atoms with E-state index in [1.165, 1.54) is 18.2 Å². The number of piperazine rings is 1. The van der Waals surface area contributed by atoms with Crippen molar-refractivity contribution >= 4 is 23.2 Å². The molecule has 2 spiro atoms. The summed E-state index contributed by atoms with van der Waals surface area (Å²) in [5, 5.41) is 24.0. The molecule has 54 heavy (non-hydrogen) atoms. The van der Waals surface area contributed by atoms with Crippen LogP contribution in [0.3, 0.4) is 0 Å². The maximum absolute atomic E-state index is 15.0. The predicted molar refractivity (Wildman–Crippen MR) is 200 cm³/mol. The first-order chi connectivity index (χ1) is 25.6. The summed E-state index contributed by atoms with van der Waals surface area (Å²) < 4.78 is 47.1. The SMILES string of the molecule is CC12CCC(O)CC13C=CC1(C(C(=O)c4ccc(-c5cc(C(F)(F)F)ccc5Cl)o4)=C3)C2CCC2(C)C1CCC2(O)CN1CCN(c2ccccn2)CC1. The molecule has 286 valence electrons. The lowest BCUT2D eigenvalue weighted by atomic mass is 9.32. The first kappa shape index (κ1) is 36.2. The van der Waals surface area contributed by atoms with E-state index in [0.29, 0.717) is 31.4 Å². The van der Waals surface area contributed by atoms with Crippen LogP contribution in [0.5, 0.6) is 0 Å². The zero-order chi connectivity index (χ0) is 37.9. The van der Waals surface area contributed by atoms with Crippen LogP contribution in [0.15, 0.2) is 82.9 Å². The Morgan fingerprint density at radius 1 is 0.963 bits per heavy atom. The summed E-state index contributed by atoms with van der Waals surface area (Å²) in [4.78, 5) is 24.2. The average Bonchev–Trinajstić information content (AvgIpc) is 3.74. The van der Waals surface area contributed by atoms with Crippen LogP contribution in [0.4, 0.5) is 19.0 Å². The number of hydrogen-bond donors (Lipinski definition) is 2. The number of aliphatic hydroxyl groups excluding tert-OH is 1. The van der Waals surface area contributed by atoms with Crippen molar-refractivity contribution in [2.24, 2.45) is 33.5 Å². The van der Waals surface area contributed by atoms with Gasteiger partial charge in [-0.15, -0.1) is 0 Å². The Morgan fingerprint density at radius 2 is 1.70 bits per heavy atom. The molecule has 2 aromatic heterocycles. The molecule has 8 unspecified atom stereocenters. The average molecular weight is 762 g/mol. The van der Waals surface area contributed by atoms with Crippen molar-refractivity contribution in [3.63, 3.8) is 0 Å². The van der Waals surface area contributed by atoms with Crippen LogP contribution in [-0.2, 0) is 6.18 Å². The number of ketones is 1. The van der Waals surface area contributed by atoms with E-state index in [1.54, 1.807) is 0 Å². The van der Waals surface area contributed by atoms with E-state index in [2.05, 4.69) is 46.9 Å². The minimum atomic E-state index is -4.57. The predicted octanol–water partition coefficient (Wildman–Crippen LogP) is 8.61. The fraction of sp³-hybridized carbons (Fsp3) is 0.535. The van der Waals surface area contributed by atoms with Gasteiger partial charge in [0, 0.05) is 66.3 Å². The second kappa shape index (κ2) is 12.3. The monoisotopic (exact) mass is 761 g/mol. The number of hydrogen-bond acceptors (Lipinski definition) is 7. The number of alkyl halides is 3. The fourth-order valence-corrected chi connectivity index (χ4v) is 12.5. The molecule has 1 aliphatic heterocycles. The lowest BCUT2D eigenvalue weighted by molar-refractivity contribution is -0.176. The number of β-amino-alcohol motifs (C(OH)–C–C–N with tert-alkyl or cyclic N) is 1. The summed E-state index contributed by atoms with van der Waals surface area (Å²) in [6.07, 6.45) is 8.47. The van der Waals surface area contributed by atoms with Crippen molar-refractivity contribution in [3.05, 3.63) is 94.9 Å². The van der Waals surface area contributed by atoms with Gasteiger partial charge in [-0.25, -0.2) is 4.98 Å². The van der Waals surface area contributed by atoms with Gasteiger partial charge in [-0.1, -0.05) is 49.7 Å². The molecule has 7 nitrogen and oxygen atoms in total. The van der Waals surface area contributed by atoms with Gasteiger partial charge in [0.25, 0.3) is 0 Å². The van der Waals surface area contributed by atoms with E-state index in [9.17, 15) is 23.4 Å². The van der Waals surface area contributed by atoms with E-state index >= 15 is 4.79 Å². The second-order valence-corrected chi connectivity index (χ2v) is 17.9. The first-order valence-corrected chi connectivity index (χ1v) is 19.7. The number of Topliss-reactive ketones (excluding diaryl/α,β-unsaturated/α-hetero) is 1. The number of furan rings is 1. The highest BCUT2D eigenvalue weighted by molar-refractivity contribution is 6.33. The molecule has 6 aliphatic carbocycles. The highest BCUT2D eigenvalue weighted by atomic mass is 35.5. The van der Waals surface area contributed by atoms with Crippen LogP contribution in [0.25, 0.3) is 11.3 Å². The summed E-state index contributed by atoms with van der Waals surface area (Å²) in [5.41, 5.74) is -3.05. The number of benzene rings is 1. The van der Waals surface area contributed by atoms with Gasteiger partial charge in [0.2, 0.25) is 5.78 Å². The lowest BCUT2D eigenvalue weighted by Gasteiger charge is -2.71. The number of anilines is 1. The molecule has 2 bridgehead atoms. The number of pyridine rings is 1. The zero-order valence-electron chi connectivity index (χ0n) is 30.7. The Bertz CT molecular complexity index is 2040. The van der Waals surface area contributed by atoms with Crippen LogP contribution in [0, 0.1) is 33.5 Å². The van der Waals surface area contributed by atoms with E-state index in [4.69, 9.17) is 16.0 Å². The summed E-state index contributed by atoms with van der Waals surface area (Å²) in [6.45, 7) is 8.41. The molecule has 4 fully saturated rings. The standard InChI is InChI=1S/C43H47ClF3N3O4/c1-38-13-10-28(51)24-40(38)16-17-42(30(25-40)37(52)33-9-8-32(54-33)29-23-27(43(45,46)47)6-7-31(29)44)34(38)11-14-39(2)35(42)12-15-41(39,53)26-49-19-21-50(22-20-49)36-5-3-4-18-48-36/h3-9,16-18,23,25,28,34-35,51,53H,10-15,19-22,24,26H2,1-2H3. The highest BCUT2D eigenvalue weighted by Gasteiger charge is 2.74. The number of nitrogens with zero attached hydrogens (tertiary/aromatic N) is 3. The van der Waals surface area contributed by atoms with Gasteiger partial charge in [0.15, 0.2) is 5.76 Å². The van der Waals surface area contributed by atoms with Gasteiger partial charge < -0.3 is 19.5 Å². The van der Waals surface area contributed by atoms with E-state index in [1.807, 2.05) is 24.4 Å². The fourth-order valence-electron chi connectivity index (χ4n) is 12.3. The Kier molecular flexibility index (Phi) is 8.23. The number of carbonyl (C=O) groups is 1. The van der Waals surface area contributed by atoms with Crippen molar-refractivity contribution in [1.82, 2.24) is 9.88 Å². The van der Waals surface area contributed by atoms with Crippen LogP contribution in [0.2, 0.25) is 5.02 Å². The van der Waals surface area contributed by atoms with E-state index in [0.717, 1.165) is 69.8 Å². The van der Waals surface area contributed by atoms with Gasteiger partial charge in [-0.2, -0.15) is 13.2 Å². The number of fused-ring (bicyclic) bond motifs is 1. The van der Waals surface area contributed by atoms with Crippen molar-refractivity contribution in [3.8, 4) is 11.3 Å². The highest BCUT2D eigenvalue weighted by Crippen LogP contribution is 2.78. The minimum absolute atomic E-state index is 0.0377. The molecule has 3 heterocycles. The summed E-state index contributed by atoms with van der Waals surface area (Å²) in [5.74, 6) is 0.854. The maximum atomic E-state index is 15.0. The molecule has 11 heteroatoms. The Morgan fingerprint density at radius 3 is 2.44 bits per heavy atom. The number of aromatic nitrogens is 1. The van der Waals surface area contributed by atoms with Gasteiger partial charge in [-0.05, 0) is 105 Å². The summed E-state index contributed by atoms with van der Waals surface area (Å²) in [6, 6.07) is 12.1. The molecule has 7 aliphatic rings. The number of halogens is 4. The smallest absolute Gasteiger partial charge is 0.416 e. The van der Waals surface area contributed by atoms with Gasteiger partial charge in [0.1, 0.15) is 11.6 Å². The van der Waals surface area contributed by atoms with Gasteiger partial charge in [0.05, 0.1) is 22.3 Å². The number of allylic oxidation sites excluding steroid dienone is 4. The minimum Gasteiger partial charge on any atom is -0.453 e. The zero-order valence-corrected chi connectivity index (χ0v) is 31.5. The molecule has 1 saturated heterocycles. The molecule has 0 radical (unpaired) electrons. The topological polar surface area (TPSA) is 90.0 Å². The van der Waals surface area contributed by atoms with Crippen molar-refractivity contribution < 1.29 is 32.6 Å². The first-order valence-electron chi connectivity index (χ1n) is 19.4. The van der Waals surface area contributed by atoms with Crippen LogP contribution in [-0.4, -0.2) is 70.3 Å². The molecular formula is C43H47ClF3N3O4. The third-order valence-electron chi connectivity index (χ3n) is 15.2. The summed E-state index contributed by atoms with van der Waals surface area (Å²) >= 11 is 6.38. The Hall–Kier alpha value is -3.44. The Balaban J connectivity index is 1.07. The lowest BCUT2D eigenvalue weighted by Crippen LogP contribution is -2.67. The molecule has 10 rings (SSSR count). The maximum Gasteiger partial charge on any atom is 0.416 e. The quantitative estimate of drug-likeness (QED) is 0.192. The molecular weight excluding hydrogens is 715 g/mol. The van der Waals surface area contributed by atoms with Crippen molar-refractivity contribution in [2.45, 2.75) is 76.7 Å². The Labute approximate surface area is 318 Å². The third kappa shape index (κ3) is 5.11. The van der Waals surface area contributed by atoms with E-state index < -0.39 is 39.7 Å². The third-order valence-corrected chi connectivity index (χ3v) is 15.5. The molecule has 0 amide bonds. The number of aliphatic hydroxyl groups is 2. The van der Waals surface area contributed by atoms with Crippen molar-refractivity contribution in [2.75, 3.05) is 37.6 Å². The number of carbonyl (C=O) groups excluding carboxylic acids is 1. The van der Waals surface area contributed by atoms with Gasteiger partial charge >= 0.3 is 6.18 Å². The van der Waals surface area contributed by atoms with Crippen LogP contribution in [0.1, 0.15) is 74.9 Å². The van der Waals surface area contributed by atoms with Crippen LogP contribution >= 0.6 is 11.6 Å².